The highest BCUT2D eigenvalue weighted by molar-refractivity contribution is 7.09. The Hall–Kier alpha value is -2.28. The van der Waals surface area contributed by atoms with Crippen LogP contribution in [0.2, 0.25) is 0 Å². The van der Waals surface area contributed by atoms with E-state index >= 15 is 0 Å². The Kier molecular flexibility index (Phi) is 5.79. The van der Waals surface area contributed by atoms with Gasteiger partial charge >= 0.3 is 5.97 Å². The number of benzene rings is 1. The van der Waals surface area contributed by atoms with Crippen molar-refractivity contribution in [2.75, 3.05) is 6.61 Å². The molecule has 176 valence electrons. The zero-order valence-corrected chi connectivity index (χ0v) is 20.4. The van der Waals surface area contributed by atoms with Crippen LogP contribution in [0, 0.1) is 39.7 Å². The van der Waals surface area contributed by atoms with Crippen molar-refractivity contribution in [2.45, 2.75) is 71.8 Å². The minimum absolute atomic E-state index is 0.0199. The van der Waals surface area contributed by atoms with Crippen LogP contribution in [0.1, 0.15) is 68.0 Å². The Morgan fingerprint density at radius 1 is 1.21 bits per heavy atom. The van der Waals surface area contributed by atoms with Crippen LogP contribution in [0.5, 0.6) is 0 Å². The first kappa shape index (κ1) is 22.5. The van der Waals surface area contributed by atoms with Crippen LogP contribution < -0.4 is 4.57 Å². The molecule has 33 heavy (non-hydrogen) atoms. The zero-order chi connectivity index (χ0) is 23.2. The molecule has 0 spiro atoms. The molecule has 0 aliphatic heterocycles. The van der Waals surface area contributed by atoms with E-state index in [-0.39, 0.29) is 22.0 Å². The molecule has 4 bridgehead atoms. The maximum atomic E-state index is 12.8. The maximum Gasteiger partial charge on any atom is 0.306 e. The molecular weight excluding hydrogens is 436 g/mol. The zero-order valence-electron chi connectivity index (χ0n) is 19.5. The standard InChI is InChI=1S/C26H33N2O4S/c1-18-23(33-17-27(18)15-19-3-5-22(6-4-19)28(30)31)7-8-32-24(29)14-26-12-20-9-21(13-26)11-25(2,10-20)16-26/h3-6,17,20-21H,7-16H2,1-2H3/q+1/t20-,21-,25?,26?/m0/s1. The van der Waals surface area contributed by atoms with Crippen LogP contribution in [0.15, 0.2) is 29.8 Å². The number of carbonyl (C=O) groups is 1. The normalized spacial score (nSPS) is 29.9. The minimum Gasteiger partial charge on any atom is -0.465 e. The highest BCUT2D eigenvalue weighted by Crippen LogP contribution is 2.66. The molecule has 4 saturated carbocycles. The van der Waals surface area contributed by atoms with E-state index in [9.17, 15) is 14.9 Å². The SMILES string of the molecule is Cc1c(CCOC(=O)CC23C[C@H]4C[C@@H](CC(C)(C4)C2)C3)sc[n+]1Cc1ccc([N+](=O)[O-])cc1. The van der Waals surface area contributed by atoms with E-state index in [1.54, 1.807) is 35.6 Å². The summed E-state index contributed by atoms with van der Waals surface area (Å²) < 4.78 is 7.88. The lowest BCUT2D eigenvalue weighted by atomic mass is 9.44. The van der Waals surface area contributed by atoms with Gasteiger partial charge in [0.1, 0.15) is 0 Å². The van der Waals surface area contributed by atoms with Gasteiger partial charge in [-0.05, 0) is 73.3 Å². The van der Waals surface area contributed by atoms with Crippen LogP contribution in [-0.2, 0) is 22.5 Å². The molecule has 2 aromatic rings. The number of non-ortho nitro benzene ring substituents is 1. The van der Waals surface area contributed by atoms with Crippen molar-refractivity contribution in [3.8, 4) is 0 Å². The Morgan fingerprint density at radius 3 is 2.55 bits per heavy atom. The largest absolute Gasteiger partial charge is 0.465 e. The summed E-state index contributed by atoms with van der Waals surface area (Å²) in [5.74, 6) is 1.63. The molecule has 0 radical (unpaired) electrons. The Morgan fingerprint density at radius 2 is 1.91 bits per heavy atom. The molecule has 6 rings (SSSR count). The first-order chi connectivity index (χ1) is 15.7. The molecule has 4 aliphatic carbocycles. The molecule has 0 N–H and O–H groups in total. The van der Waals surface area contributed by atoms with Crippen molar-refractivity contribution in [2.24, 2.45) is 22.7 Å². The Labute approximate surface area is 199 Å². The van der Waals surface area contributed by atoms with Crippen LogP contribution in [0.4, 0.5) is 5.69 Å². The lowest BCUT2D eigenvalue weighted by Gasteiger charge is -2.61. The second-order valence-corrected chi connectivity index (χ2v) is 12.1. The Bertz CT molecular complexity index is 1050. The number of nitro benzene ring substituents is 1. The quantitative estimate of drug-likeness (QED) is 0.225. The van der Waals surface area contributed by atoms with Crippen LogP contribution in [0.25, 0.3) is 0 Å². The van der Waals surface area contributed by atoms with E-state index in [0.29, 0.717) is 25.0 Å². The number of nitrogens with zero attached hydrogens (tertiary/aromatic N) is 2. The van der Waals surface area contributed by atoms with E-state index in [1.165, 1.54) is 43.4 Å². The van der Waals surface area contributed by atoms with Gasteiger partial charge in [-0.15, -0.1) is 0 Å². The summed E-state index contributed by atoms with van der Waals surface area (Å²) in [6.45, 7) is 5.62. The number of esters is 1. The maximum absolute atomic E-state index is 12.8. The smallest absolute Gasteiger partial charge is 0.306 e. The molecule has 0 amide bonds. The molecule has 1 aromatic carbocycles. The van der Waals surface area contributed by atoms with Gasteiger partial charge in [0.2, 0.25) is 5.51 Å². The summed E-state index contributed by atoms with van der Waals surface area (Å²) in [6, 6.07) is 6.69. The number of thiazole rings is 1. The van der Waals surface area contributed by atoms with Crippen LogP contribution in [0.3, 0.4) is 0 Å². The number of carbonyl (C=O) groups excluding carboxylic acids is 1. The van der Waals surface area contributed by atoms with Gasteiger partial charge in [0.15, 0.2) is 12.2 Å². The van der Waals surface area contributed by atoms with E-state index < -0.39 is 0 Å². The van der Waals surface area contributed by atoms with Gasteiger partial charge in [0.05, 0.1) is 22.8 Å². The fourth-order valence-corrected chi connectivity index (χ4v) is 8.49. The highest BCUT2D eigenvalue weighted by Gasteiger charge is 2.56. The average molecular weight is 470 g/mol. The fraction of sp³-hybridized carbons (Fsp3) is 0.615. The molecule has 4 fully saturated rings. The first-order valence-corrected chi connectivity index (χ1v) is 13.0. The van der Waals surface area contributed by atoms with Gasteiger partial charge in [0, 0.05) is 31.0 Å². The summed E-state index contributed by atoms with van der Waals surface area (Å²) in [5, 5.41) is 10.8. The monoisotopic (exact) mass is 469 g/mol. The molecule has 1 heterocycles. The molecule has 2 atom stereocenters. The minimum atomic E-state index is -0.379. The third-order valence-corrected chi connectivity index (χ3v) is 9.39. The van der Waals surface area contributed by atoms with Gasteiger partial charge < -0.3 is 4.74 Å². The molecule has 6 nitrogen and oxygen atoms in total. The predicted octanol–water partition coefficient (Wildman–Crippen LogP) is 5.38. The molecule has 0 unspecified atom stereocenters. The topological polar surface area (TPSA) is 73.3 Å². The van der Waals surface area contributed by atoms with E-state index in [1.807, 2.05) is 0 Å². The molecule has 1 aromatic heterocycles. The highest BCUT2D eigenvalue weighted by atomic mass is 32.1. The average Bonchev–Trinajstić information content (AvgIpc) is 3.05. The summed E-state index contributed by atoms with van der Waals surface area (Å²) >= 11 is 1.67. The summed E-state index contributed by atoms with van der Waals surface area (Å²) in [7, 11) is 0. The van der Waals surface area contributed by atoms with E-state index in [2.05, 4.69) is 23.9 Å². The number of hydrogen-bond acceptors (Lipinski definition) is 5. The number of aromatic nitrogens is 1. The van der Waals surface area contributed by atoms with Gasteiger partial charge in [-0.3, -0.25) is 14.9 Å². The third kappa shape index (κ3) is 4.70. The van der Waals surface area contributed by atoms with E-state index in [4.69, 9.17) is 4.74 Å². The van der Waals surface area contributed by atoms with Gasteiger partial charge in [-0.2, -0.15) is 4.57 Å². The second kappa shape index (κ2) is 8.49. The van der Waals surface area contributed by atoms with Crippen molar-refractivity contribution in [3.05, 3.63) is 56.0 Å². The third-order valence-electron chi connectivity index (χ3n) is 8.24. The van der Waals surface area contributed by atoms with Crippen LogP contribution >= 0.6 is 11.3 Å². The number of nitro groups is 1. The lowest BCUT2D eigenvalue weighted by molar-refractivity contribution is -0.689. The second-order valence-electron chi connectivity index (χ2n) is 11.2. The fourth-order valence-electron chi connectivity index (χ4n) is 7.52. The van der Waals surface area contributed by atoms with Crippen molar-refractivity contribution < 1.29 is 19.0 Å². The van der Waals surface area contributed by atoms with Crippen molar-refractivity contribution in [3.63, 3.8) is 0 Å². The van der Waals surface area contributed by atoms with Crippen molar-refractivity contribution in [1.82, 2.24) is 0 Å². The van der Waals surface area contributed by atoms with Gasteiger partial charge in [-0.1, -0.05) is 18.3 Å². The number of rotatable bonds is 8. The lowest BCUT2D eigenvalue weighted by Crippen LogP contribution is -2.51. The first-order valence-electron chi connectivity index (χ1n) is 12.1. The summed E-state index contributed by atoms with van der Waals surface area (Å²) in [6.07, 6.45) is 9.07. The van der Waals surface area contributed by atoms with E-state index in [0.717, 1.165) is 29.5 Å². The predicted molar refractivity (Wildman–Crippen MR) is 126 cm³/mol. The summed E-state index contributed by atoms with van der Waals surface area (Å²) in [5.41, 5.74) is 5.01. The molecule has 4 aliphatic rings. The van der Waals surface area contributed by atoms with Gasteiger partial charge in [-0.25, -0.2) is 0 Å². The molecule has 0 saturated heterocycles. The molecular formula is C26H33N2O4S+. The van der Waals surface area contributed by atoms with Gasteiger partial charge in [0.25, 0.3) is 5.69 Å². The van der Waals surface area contributed by atoms with Crippen molar-refractivity contribution >= 4 is 23.0 Å². The molecule has 7 heteroatoms. The van der Waals surface area contributed by atoms with Crippen molar-refractivity contribution in [1.29, 1.82) is 0 Å². The van der Waals surface area contributed by atoms with Crippen LogP contribution in [-0.4, -0.2) is 17.5 Å². The number of hydrogen-bond donors (Lipinski definition) is 0. The summed E-state index contributed by atoms with van der Waals surface area (Å²) in [4.78, 5) is 24.4. The Balaban J connectivity index is 1.13. The number of ether oxygens (including phenoxy) is 1.